The molecule has 0 atom stereocenters. The van der Waals surface area contributed by atoms with Crippen molar-refractivity contribution < 1.29 is 9.53 Å². The number of piperazine rings is 1. The highest BCUT2D eigenvalue weighted by molar-refractivity contribution is 5.92. The SMILES string of the molecule is COCCNC(=O)c1ccc(N2CCN(Cc3ccccc3)CC2)cn1. The summed E-state index contributed by atoms with van der Waals surface area (Å²) in [5.41, 5.74) is 2.86. The number of methoxy groups -OCH3 is 1. The van der Waals surface area contributed by atoms with Crippen LogP contribution in [0.3, 0.4) is 0 Å². The molecule has 1 aromatic carbocycles. The summed E-state index contributed by atoms with van der Waals surface area (Å²) in [6.07, 6.45) is 1.79. The molecule has 138 valence electrons. The number of carbonyl (C=O) groups is 1. The van der Waals surface area contributed by atoms with Crippen LogP contribution in [0.25, 0.3) is 0 Å². The van der Waals surface area contributed by atoms with Crippen molar-refractivity contribution in [1.29, 1.82) is 0 Å². The molecule has 1 N–H and O–H groups in total. The van der Waals surface area contributed by atoms with Gasteiger partial charge in [0, 0.05) is 46.4 Å². The minimum Gasteiger partial charge on any atom is -0.383 e. The fourth-order valence-corrected chi connectivity index (χ4v) is 3.07. The van der Waals surface area contributed by atoms with Crippen molar-refractivity contribution in [3.8, 4) is 0 Å². The lowest BCUT2D eigenvalue weighted by atomic mass is 10.2. The molecule has 26 heavy (non-hydrogen) atoms. The summed E-state index contributed by atoms with van der Waals surface area (Å²) in [5, 5.41) is 2.78. The third-order valence-corrected chi connectivity index (χ3v) is 4.56. The van der Waals surface area contributed by atoms with Crippen LogP contribution >= 0.6 is 0 Å². The van der Waals surface area contributed by atoms with Gasteiger partial charge in [0.05, 0.1) is 18.5 Å². The van der Waals surface area contributed by atoms with Crippen LogP contribution in [0.2, 0.25) is 0 Å². The Morgan fingerprint density at radius 3 is 2.54 bits per heavy atom. The molecule has 1 aliphatic rings. The van der Waals surface area contributed by atoms with E-state index in [1.54, 1.807) is 19.4 Å². The molecule has 3 rings (SSSR count). The Labute approximate surface area is 154 Å². The predicted octanol–water partition coefficient (Wildman–Crippen LogP) is 1.78. The van der Waals surface area contributed by atoms with Crippen molar-refractivity contribution in [3.63, 3.8) is 0 Å². The molecule has 6 nitrogen and oxygen atoms in total. The highest BCUT2D eigenvalue weighted by atomic mass is 16.5. The van der Waals surface area contributed by atoms with E-state index in [9.17, 15) is 4.79 Å². The second kappa shape index (κ2) is 9.31. The minimum atomic E-state index is -0.165. The highest BCUT2D eigenvalue weighted by Crippen LogP contribution is 2.17. The second-order valence-corrected chi connectivity index (χ2v) is 6.40. The van der Waals surface area contributed by atoms with Crippen LogP contribution in [0.4, 0.5) is 5.69 Å². The summed E-state index contributed by atoms with van der Waals surface area (Å²) in [5.74, 6) is -0.165. The number of nitrogens with zero attached hydrogens (tertiary/aromatic N) is 3. The first-order chi connectivity index (χ1) is 12.8. The zero-order valence-electron chi connectivity index (χ0n) is 15.2. The molecule has 0 radical (unpaired) electrons. The maximum Gasteiger partial charge on any atom is 0.269 e. The Bertz CT molecular complexity index is 683. The van der Waals surface area contributed by atoms with Crippen molar-refractivity contribution in [1.82, 2.24) is 15.2 Å². The first-order valence-electron chi connectivity index (χ1n) is 9.00. The number of hydrogen-bond acceptors (Lipinski definition) is 5. The molecule has 2 aromatic rings. The van der Waals surface area contributed by atoms with Gasteiger partial charge in [-0.15, -0.1) is 0 Å². The summed E-state index contributed by atoms with van der Waals surface area (Å²) in [6.45, 7) is 5.96. The summed E-state index contributed by atoms with van der Waals surface area (Å²) in [6, 6.07) is 14.3. The second-order valence-electron chi connectivity index (χ2n) is 6.40. The number of ether oxygens (including phenoxy) is 1. The topological polar surface area (TPSA) is 57.7 Å². The first-order valence-corrected chi connectivity index (χ1v) is 9.00. The van der Waals surface area contributed by atoms with Gasteiger partial charge < -0.3 is 15.0 Å². The van der Waals surface area contributed by atoms with Gasteiger partial charge in [-0.3, -0.25) is 9.69 Å². The van der Waals surface area contributed by atoms with Crippen molar-refractivity contribution >= 4 is 11.6 Å². The lowest BCUT2D eigenvalue weighted by Crippen LogP contribution is -2.46. The minimum absolute atomic E-state index is 0.165. The number of benzene rings is 1. The molecule has 1 amide bonds. The van der Waals surface area contributed by atoms with Gasteiger partial charge in [0.1, 0.15) is 5.69 Å². The molecule has 1 fully saturated rings. The van der Waals surface area contributed by atoms with Gasteiger partial charge in [0.25, 0.3) is 5.91 Å². The maximum atomic E-state index is 12.0. The van der Waals surface area contributed by atoms with E-state index in [1.165, 1.54) is 5.56 Å². The lowest BCUT2D eigenvalue weighted by Gasteiger charge is -2.36. The van der Waals surface area contributed by atoms with Crippen molar-refractivity contribution in [2.45, 2.75) is 6.54 Å². The van der Waals surface area contributed by atoms with E-state index in [0.717, 1.165) is 38.4 Å². The van der Waals surface area contributed by atoms with E-state index in [1.807, 2.05) is 6.07 Å². The Morgan fingerprint density at radius 2 is 1.88 bits per heavy atom. The molecule has 0 aliphatic carbocycles. The standard InChI is InChI=1S/C20H26N4O2/c1-26-14-9-21-20(25)19-8-7-18(15-22-19)24-12-10-23(11-13-24)16-17-5-3-2-4-6-17/h2-8,15H,9-14,16H2,1H3,(H,21,25). The van der Waals surface area contributed by atoms with Gasteiger partial charge in [0.15, 0.2) is 0 Å². The Balaban J connectivity index is 1.49. The normalized spacial score (nSPS) is 15.0. The van der Waals surface area contributed by atoms with Crippen LogP contribution in [-0.4, -0.2) is 62.2 Å². The lowest BCUT2D eigenvalue weighted by molar-refractivity contribution is 0.0932. The Morgan fingerprint density at radius 1 is 1.12 bits per heavy atom. The largest absolute Gasteiger partial charge is 0.383 e. The van der Waals surface area contributed by atoms with Crippen LogP contribution < -0.4 is 10.2 Å². The molecular formula is C20H26N4O2. The molecule has 1 aromatic heterocycles. The van der Waals surface area contributed by atoms with Crippen LogP contribution in [-0.2, 0) is 11.3 Å². The molecule has 1 aliphatic heterocycles. The van der Waals surface area contributed by atoms with Gasteiger partial charge in [-0.25, -0.2) is 4.98 Å². The van der Waals surface area contributed by atoms with Crippen molar-refractivity contribution in [2.75, 3.05) is 51.3 Å². The quantitative estimate of drug-likeness (QED) is 0.768. The van der Waals surface area contributed by atoms with E-state index in [4.69, 9.17) is 4.74 Å². The number of anilines is 1. The monoisotopic (exact) mass is 354 g/mol. The van der Waals surface area contributed by atoms with E-state index in [-0.39, 0.29) is 5.91 Å². The van der Waals surface area contributed by atoms with Crippen molar-refractivity contribution in [2.24, 2.45) is 0 Å². The molecule has 6 heteroatoms. The smallest absolute Gasteiger partial charge is 0.269 e. The molecule has 0 saturated carbocycles. The number of nitrogens with one attached hydrogen (secondary N) is 1. The van der Waals surface area contributed by atoms with Gasteiger partial charge in [0.2, 0.25) is 0 Å². The van der Waals surface area contributed by atoms with E-state index in [2.05, 4.69) is 50.4 Å². The maximum absolute atomic E-state index is 12.0. The zero-order chi connectivity index (χ0) is 18.2. The van der Waals surface area contributed by atoms with Crippen LogP contribution in [0.15, 0.2) is 48.7 Å². The number of hydrogen-bond donors (Lipinski definition) is 1. The first kappa shape index (κ1) is 18.4. The van der Waals surface area contributed by atoms with Gasteiger partial charge in [-0.05, 0) is 17.7 Å². The number of aromatic nitrogens is 1. The van der Waals surface area contributed by atoms with Gasteiger partial charge >= 0.3 is 0 Å². The number of carbonyl (C=O) groups excluding carboxylic acids is 1. The van der Waals surface area contributed by atoms with Crippen LogP contribution in [0.1, 0.15) is 16.1 Å². The highest BCUT2D eigenvalue weighted by Gasteiger charge is 2.18. The predicted molar refractivity (Wildman–Crippen MR) is 102 cm³/mol. The average Bonchev–Trinajstić information content (AvgIpc) is 2.70. The van der Waals surface area contributed by atoms with E-state index < -0.39 is 0 Å². The third-order valence-electron chi connectivity index (χ3n) is 4.56. The number of rotatable bonds is 7. The van der Waals surface area contributed by atoms with Crippen LogP contribution in [0, 0.1) is 0 Å². The summed E-state index contributed by atoms with van der Waals surface area (Å²) < 4.78 is 4.93. The van der Waals surface area contributed by atoms with Gasteiger partial charge in [-0.2, -0.15) is 0 Å². The third kappa shape index (κ3) is 5.03. The molecule has 0 bridgehead atoms. The summed E-state index contributed by atoms with van der Waals surface area (Å²) in [4.78, 5) is 21.1. The van der Waals surface area contributed by atoms with Gasteiger partial charge in [-0.1, -0.05) is 30.3 Å². The molecule has 2 heterocycles. The Hall–Kier alpha value is -2.44. The summed E-state index contributed by atoms with van der Waals surface area (Å²) >= 11 is 0. The molecule has 1 saturated heterocycles. The molecular weight excluding hydrogens is 328 g/mol. The van der Waals surface area contributed by atoms with Crippen LogP contribution in [0.5, 0.6) is 0 Å². The molecule has 0 spiro atoms. The fourth-order valence-electron chi connectivity index (χ4n) is 3.07. The van der Waals surface area contributed by atoms with E-state index >= 15 is 0 Å². The number of amides is 1. The summed E-state index contributed by atoms with van der Waals surface area (Å²) in [7, 11) is 1.61. The van der Waals surface area contributed by atoms with E-state index in [0.29, 0.717) is 18.8 Å². The zero-order valence-corrected chi connectivity index (χ0v) is 15.2. The number of pyridine rings is 1. The fraction of sp³-hybridized carbons (Fsp3) is 0.400. The average molecular weight is 354 g/mol. The Kier molecular flexibility index (Phi) is 6.57. The molecule has 0 unspecified atom stereocenters. The van der Waals surface area contributed by atoms with Crippen molar-refractivity contribution in [3.05, 3.63) is 59.9 Å².